The second-order valence-corrected chi connectivity index (χ2v) is 3.90. The molecule has 92 valence electrons. The fraction of sp³-hybridized carbons (Fsp3) is 0.0769. The number of para-hydroxylation sites is 1. The van der Waals surface area contributed by atoms with E-state index >= 15 is 0 Å². The van der Waals surface area contributed by atoms with Crippen LogP contribution in [-0.2, 0) is 0 Å². The zero-order valence-electron chi connectivity index (χ0n) is 9.68. The number of non-ortho nitro benzene ring substituents is 1. The molecule has 0 aromatic heterocycles. The van der Waals surface area contributed by atoms with Gasteiger partial charge in [0.2, 0.25) is 0 Å². The summed E-state index contributed by atoms with van der Waals surface area (Å²) in [6.45, 7) is 1.90. The maximum atomic E-state index is 13.2. The summed E-state index contributed by atoms with van der Waals surface area (Å²) in [6, 6.07) is 10.9. The van der Waals surface area contributed by atoms with Crippen LogP contribution in [0.2, 0.25) is 0 Å². The molecule has 0 heterocycles. The van der Waals surface area contributed by atoms with Crippen molar-refractivity contribution in [2.45, 2.75) is 6.92 Å². The Bertz CT molecular complexity index is 599. The van der Waals surface area contributed by atoms with Gasteiger partial charge in [0.25, 0.3) is 5.69 Å². The molecule has 0 saturated carbocycles. The highest BCUT2D eigenvalue weighted by molar-refractivity contribution is 5.64. The fourth-order valence-corrected chi connectivity index (χ4v) is 1.62. The molecule has 4 nitrogen and oxygen atoms in total. The Morgan fingerprint density at radius 3 is 2.61 bits per heavy atom. The van der Waals surface area contributed by atoms with Gasteiger partial charge >= 0.3 is 0 Å². The van der Waals surface area contributed by atoms with Gasteiger partial charge in [0.15, 0.2) is 0 Å². The molecule has 5 heteroatoms. The highest BCUT2D eigenvalue weighted by atomic mass is 19.1. The van der Waals surface area contributed by atoms with Gasteiger partial charge in [-0.1, -0.05) is 18.2 Å². The maximum Gasteiger partial charge on any atom is 0.274 e. The van der Waals surface area contributed by atoms with Crippen LogP contribution < -0.4 is 5.32 Å². The summed E-state index contributed by atoms with van der Waals surface area (Å²) in [6.07, 6.45) is 0. The van der Waals surface area contributed by atoms with Crippen molar-refractivity contribution in [2.24, 2.45) is 0 Å². The largest absolute Gasteiger partial charge is 0.355 e. The minimum atomic E-state index is -0.639. The van der Waals surface area contributed by atoms with Crippen molar-refractivity contribution < 1.29 is 9.31 Å². The Hall–Kier alpha value is -2.43. The third kappa shape index (κ3) is 2.63. The summed E-state index contributed by atoms with van der Waals surface area (Å²) < 4.78 is 13.2. The molecule has 18 heavy (non-hydrogen) atoms. The van der Waals surface area contributed by atoms with Gasteiger partial charge in [0.05, 0.1) is 11.0 Å². The molecule has 2 aromatic carbocycles. The molecule has 0 bridgehead atoms. The van der Waals surface area contributed by atoms with E-state index in [1.165, 1.54) is 12.1 Å². The van der Waals surface area contributed by atoms with Crippen LogP contribution in [0.4, 0.5) is 21.5 Å². The van der Waals surface area contributed by atoms with Gasteiger partial charge in [0.1, 0.15) is 5.82 Å². The molecule has 0 radical (unpaired) electrons. The van der Waals surface area contributed by atoms with Crippen molar-refractivity contribution in [3.63, 3.8) is 0 Å². The second kappa shape index (κ2) is 4.83. The predicted octanol–water partition coefficient (Wildman–Crippen LogP) is 3.79. The lowest BCUT2D eigenvalue weighted by Crippen LogP contribution is -1.96. The molecule has 2 rings (SSSR count). The summed E-state index contributed by atoms with van der Waals surface area (Å²) in [7, 11) is 0. The van der Waals surface area contributed by atoms with Crippen LogP contribution in [-0.4, -0.2) is 4.92 Å². The molecule has 1 N–H and O–H groups in total. The number of aryl methyl sites for hydroxylation is 1. The van der Waals surface area contributed by atoms with Gasteiger partial charge < -0.3 is 5.32 Å². The van der Waals surface area contributed by atoms with Crippen LogP contribution in [0.15, 0.2) is 42.5 Å². The lowest BCUT2D eigenvalue weighted by molar-refractivity contribution is -0.385. The van der Waals surface area contributed by atoms with Crippen LogP contribution in [0.3, 0.4) is 0 Å². The maximum absolute atomic E-state index is 13.2. The van der Waals surface area contributed by atoms with Gasteiger partial charge in [0, 0.05) is 17.4 Å². The first kappa shape index (κ1) is 12.0. The fourth-order valence-electron chi connectivity index (χ4n) is 1.62. The van der Waals surface area contributed by atoms with Gasteiger partial charge in [-0.25, -0.2) is 4.39 Å². The summed E-state index contributed by atoms with van der Waals surface area (Å²) >= 11 is 0. The number of benzene rings is 2. The van der Waals surface area contributed by atoms with E-state index in [0.717, 1.165) is 17.3 Å². The van der Waals surface area contributed by atoms with E-state index in [2.05, 4.69) is 5.32 Å². The topological polar surface area (TPSA) is 55.2 Å². The third-order valence-corrected chi connectivity index (χ3v) is 2.52. The Morgan fingerprint density at radius 2 is 1.94 bits per heavy atom. The van der Waals surface area contributed by atoms with E-state index in [1.54, 1.807) is 0 Å². The van der Waals surface area contributed by atoms with Crippen molar-refractivity contribution in [1.29, 1.82) is 0 Å². The molecule has 0 aliphatic heterocycles. The van der Waals surface area contributed by atoms with E-state index in [4.69, 9.17) is 0 Å². The zero-order chi connectivity index (χ0) is 13.1. The number of rotatable bonds is 3. The Labute approximate surface area is 103 Å². The third-order valence-electron chi connectivity index (χ3n) is 2.52. The molecule has 0 aliphatic carbocycles. The summed E-state index contributed by atoms with van der Waals surface area (Å²) in [5, 5.41) is 13.6. The van der Waals surface area contributed by atoms with Gasteiger partial charge in [-0.3, -0.25) is 10.1 Å². The first-order valence-corrected chi connectivity index (χ1v) is 5.34. The van der Waals surface area contributed by atoms with E-state index in [-0.39, 0.29) is 5.69 Å². The molecule has 0 atom stereocenters. The number of nitro groups is 1. The molecule has 0 amide bonds. The zero-order valence-corrected chi connectivity index (χ0v) is 9.68. The minimum Gasteiger partial charge on any atom is -0.355 e. The van der Waals surface area contributed by atoms with Crippen molar-refractivity contribution in [2.75, 3.05) is 5.32 Å². The number of hydrogen-bond acceptors (Lipinski definition) is 3. The minimum absolute atomic E-state index is 0.272. The molecular weight excluding hydrogens is 235 g/mol. The van der Waals surface area contributed by atoms with E-state index in [1.807, 2.05) is 31.2 Å². The van der Waals surface area contributed by atoms with Gasteiger partial charge in [-0.05, 0) is 24.6 Å². The Balaban J connectivity index is 2.35. The number of nitrogens with zero attached hydrogens (tertiary/aromatic N) is 1. The molecule has 0 unspecified atom stereocenters. The molecule has 0 fully saturated rings. The molecule has 0 aliphatic rings. The first-order chi connectivity index (χ1) is 8.56. The molecule has 0 spiro atoms. The molecule has 0 saturated heterocycles. The van der Waals surface area contributed by atoms with Crippen LogP contribution in [0.5, 0.6) is 0 Å². The quantitative estimate of drug-likeness (QED) is 0.662. The lowest BCUT2D eigenvalue weighted by atomic mass is 10.2. The lowest BCUT2D eigenvalue weighted by Gasteiger charge is -2.09. The number of nitrogens with one attached hydrogen (secondary N) is 1. The smallest absolute Gasteiger partial charge is 0.274 e. The van der Waals surface area contributed by atoms with E-state index in [0.29, 0.717) is 5.69 Å². The highest BCUT2D eigenvalue weighted by Crippen LogP contribution is 2.24. The van der Waals surface area contributed by atoms with Crippen LogP contribution in [0.1, 0.15) is 5.56 Å². The molecule has 2 aromatic rings. The van der Waals surface area contributed by atoms with Crippen molar-refractivity contribution >= 4 is 17.1 Å². The summed E-state index contributed by atoms with van der Waals surface area (Å²) in [4.78, 5) is 10.0. The van der Waals surface area contributed by atoms with Crippen molar-refractivity contribution in [3.05, 3.63) is 64.0 Å². The van der Waals surface area contributed by atoms with Crippen LogP contribution in [0, 0.1) is 22.9 Å². The number of hydrogen-bond donors (Lipinski definition) is 1. The predicted molar refractivity (Wildman–Crippen MR) is 67.5 cm³/mol. The van der Waals surface area contributed by atoms with Crippen molar-refractivity contribution in [1.82, 2.24) is 0 Å². The van der Waals surface area contributed by atoms with Gasteiger partial charge in [-0.15, -0.1) is 0 Å². The number of nitro benzene ring substituents is 1. The van der Waals surface area contributed by atoms with Crippen LogP contribution >= 0.6 is 0 Å². The van der Waals surface area contributed by atoms with Crippen LogP contribution in [0.25, 0.3) is 0 Å². The second-order valence-electron chi connectivity index (χ2n) is 3.90. The molecular formula is C13H11FN2O2. The monoisotopic (exact) mass is 246 g/mol. The Morgan fingerprint density at radius 1 is 1.22 bits per heavy atom. The van der Waals surface area contributed by atoms with E-state index in [9.17, 15) is 14.5 Å². The normalized spacial score (nSPS) is 10.1. The SMILES string of the molecule is Cc1ccccc1Nc1cc(F)cc([N+](=O)[O-])c1. The summed E-state index contributed by atoms with van der Waals surface area (Å²) in [5.74, 6) is -0.639. The standard InChI is InChI=1S/C13H11FN2O2/c1-9-4-2-3-5-13(9)15-11-6-10(14)7-12(8-11)16(17)18/h2-8,15H,1H3. The van der Waals surface area contributed by atoms with E-state index < -0.39 is 10.7 Å². The highest BCUT2D eigenvalue weighted by Gasteiger charge is 2.10. The number of anilines is 2. The Kier molecular flexibility index (Phi) is 3.23. The average Bonchev–Trinajstić information content (AvgIpc) is 2.31. The first-order valence-electron chi connectivity index (χ1n) is 5.34. The van der Waals surface area contributed by atoms with Crippen molar-refractivity contribution in [3.8, 4) is 0 Å². The van der Waals surface area contributed by atoms with Gasteiger partial charge in [-0.2, -0.15) is 0 Å². The average molecular weight is 246 g/mol. The number of halogens is 1. The summed E-state index contributed by atoms with van der Waals surface area (Å²) in [5.41, 5.74) is 1.85.